The highest BCUT2D eigenvalue weighted by Gasteiger charge is 2.35. The lowest BCUT2D eigenvalue weighted by Gasteiger charge is -2.32. The van der Waals surface area contributed by atoms with E-state index in [2.05, 4.69) is 5.32 Å². The highest BCUT2D eigenvalue weighted by atomic mass is 32.2. The number of nitrogens with one attached hydrogen (secondary N) is 1. The maximum atomic E-state index is 13.9. The molecule has 2 amide bonds. The number of anilines is 1. The number of carbonyl (C=O) groups is 2. The fourth-order valence-electron chi connectivity index (χ4n) is 4.17. The maximum absolute atomic E-state index is 13.9. The van der Waals surface area contributed by atoms with Crippen molar-refractivity contribution in [3.05, 3.63) is 89.5 Å². The molecule has 12 heteroatoms. The van der Waals surface area contributed by atoms with Crippen LogP contribution in [0.1, 0.15) is 37.5 Å². The van der Waals surface area contributed by atoms with Crippen LogP contribution in [0.25, 0.3) is 0 Å². The molecule has 0 bridgehead atoms. The molecule has 3 aromatic rings. The van der Waals surface area contributed by atoms with E-state index in [1.54, 1.807) is 43.3 Å². The zero-order valence-electron chi connectivity index (χ0n) is 24.7. The van der Waals surface area contributed by atoms with Crippen LogP contribution < -0.4 is 14.4 Å². The van der Waals surface area contributed by atoms with Crippen molar-refractivity contribution in [3.63, 3.8) is 0 Å². The third-order valence-electron chi connectivity index (χ3n) is 6.71. The number of methoxy groups -OCH3 is 1. The lowest BCUT2D eigenvalue weighted by atomic mass is 10.1. The van der Waals surface area contributed by atoms with Gasteiger partial charge in [0.1, 0.15) is 18.3 Å². The fraction of sp³-hybridized carbons (Fsp3) is 0.355. The van der Waals surface area contributed by atoms with Crippen molar-refractivity contribution in [3.8, 4) is 5.75 Å². The average molecular weight is 620 g/mol. The van der Waals surface area contributed by atoms with Gasteiger partial charge in [0.2, 0.25) is 11.8 Å². The SMILES string of the molecule is COc1ccc(CN(C(=O)CN(c2cccc(C(F)(F)F)c2)S(=O)(=O)c2ccc(C)cc2)C(C)C(=O)NCC(C)C)cc1. The predicted molar refractivity (Wildman–Crippen MR) is 158 cm³/mol. The first-order valence-corrected chi connectivity index (χ1v) is 15.0. The molecule has 0 saturated carbocycles. The van der Waals surface area contributed by atoms with Crippen molar-refractivity contribution in [2.24, 2.45) is 5.92 Å². The summed E-state index contributed by atoms with van der Waals surface area (Å²) < 4.78 is 74.4. The Balaban J connectivity index is 2.07. The lowest BCUT2D eigenvalue weighted by molar-refractivity contribution is -0.139. The molecule has 0 saturated heterocycles. The molecule has 3 aromatic carbocycles. The Morgan fingerprint density at radius 3 is 2.14 bits per heavy atom. The van der Waals surface area contributed by atoms with Crippen molar-refractivity contribution >= 4 is 27.5 Å². The number of alkyl halides is 3. The molecule has 0 aliphatic heterocycles. The summed E-state index contributed by atoms with van der Waals surface area (Å²) in [5.74, 6) is -0.527. The summed E-state index contributed by atoms with van der Waals surface area (Å²) in [5, 5.41) is 2.78. The molecule has 1 atom stereocenters. The first kappa shape index (κ1) is 33.4. The summed E-state index contributed by atoms with van der Waals surface area (Å²) in [4.78, 5) is 28.0. The van der Waals surface area contributed by atoms with Crippen LogP contribution in [0.2, 0.25) is 0 Å². The molecule has 8 nitrogen and oxygen atoms in total. The van der Waals surface area contributed by atoms with E-state index in [0.717, 1.165) is 17.7 Å². The predicted octanol–water partition coefficient (Wildman–Crippen LogP) is 5.41. The van der Waals surface area contributed by atoms with E-state index in [0.29, 0.717) is 28.2 Å². The average Bonchev–Trinajstić information content (AvgIpc) is 2.97. The quantitative estimate of drug-likeness (QED) is 0.293. The fourth-order valence-corrected chi connectivity index (χ4v) is 5.57. The number of carbonyl (C=O) groups excluding carboxylic acids is 2. The van der Waals surface area contributed by atoms with E-state index in [1.165, 1.54) is 37.1 Å². The van der Waals surface area contributed by atoms with Gasteiger partial charge in [0, 0.05) is 13.1 Å². The Morgan fingerprint density at radius 1 is 0.953 bits per heavy atom. The molecule has 3 rings (SSSR count). The Morgan fingerprint density at radius 2 is 1.58 bits per heavy atom. The minimum atomic E-state index is -4.75. The van der Waals surface area contributed by atoms with Crippen molar-refractivity contribution in [2.45, 2.75) is 51.4 Å². The largest absolute Gasteiger partial charge is 0.497 e. The number of ether oxygens (including phenoxy) is 1. The van der Waals surface area contributed by atoms with Crippen LogP contribution in [0.15, 0.2) is 77.7 Å². The summed E-state index contributed by atoms with van der Waals surface area (Å²) >= 11 is 0. The number of benzene rings is 3. The Bertz CT molecular complexity index is 1510. The minimum Gasteiger partial charge on any atom is -0.497 e. The molecule has 1 N–H and O–H groups in total. The Hall–Kier alpha value is -4.06. The van der Waals surface area contributed by atoms with Gasteiger partial charge in [-0.25, -0.2) is 8.42 Å². The van der Waals surface area contributed by atoms with Crippen molar-refractivity contribution in [1.82, 2.24) is 10.2 Å². The molecule has 0 heterocycles. The number of halogens is 3. The first-order chi connectivity index (χ1) is 20.1. The van der Waals surface area contributed by atoms with Gasteiger partial charge in [0.15, 0.2) is 0 Å². The molecule has 0 aromatic heterocycles. The zero-order valence-corrected chi connectivity index (χ0v) is 25.5. The summed E-state index contributed by atoms with van der Waals surface area (Å²) in [6.45, 7) is 6.52. The van der Waals surface area contributed by atoms with E-state index < -0.39 is 46.2 Å². The highest BCUT2D eigenvalue weighted by Crippen LogP contribution is 2.33. The third-order valence-corrected chi connectivity index (χ3v) is 8.50. The van der Waals surface area contributed by atoms with Crippen LogP contribution in [0.3, 0.4) is 0 Å². The molecule has 43 heavy (non-hydrogen) atoms. The summed E-state index contributed by atoms with van der Waals surface area (Å²) in [6.07, 6.45) is -4.75. The molecular formula is C31H36F3N3O5S. The topological polar surface area (TPSA) is 96.0 Å². The van der Waals surface area contributed by atoms with Gasteiger partial charge in [-0.2, -0.15) is 13.2 Å². The van der Waals surface area contributed by atoms with Crippen LogP contribution in [-0.4, -0.2) is 51.4 Å². The molecular weight excluding hydrogens is 583 g/mol. The molecule has 0 spiro atoms. The number of rotatable bonds is 12. The number of hydrogen-bond acceptors (Lipinski definition) is 5. The number of sulfonamides is 1. The summed E-state index contributed by atoms with van der Waals surface area (Å²) in [7, 11) is -3.01. The van der Waals surface area contributed by atoms with Crippen molar-refractivity contribution in [2.75, 3.05) is 24.5 Å². The van der Waals surface area contributed by atoms with Gasteiger partial charge < -0.3 is 15.0 Å². The van der Waals surface area contributed by atoms with E-state index in [9.17, 15) is 31.2 Å². The molecule has 0 fully saturated rings. The van der Waals surface area contributed by atoms with Gasteiger partial charge in [0.25, 0.3) is 10.0 Å². The van der Waals surface area contributed by atoms with Crippen LogP contribution in [-0.2, 0) is 32.3 Å². The van der Waals surface area contributed by atoms with Gasteiger partial charge in [-0.1, -0.05) is 49.7 Å². The van der Waals surface area contributed by atoms with Gasteiger partial charge in [0.05, 0.1) is 23.3 Å². The first-order valence-electron chi connectivity index (χ1n) is 13.6. The van der Waals surface area contributed by atoms with E-state index in [-0.39, 0.29) is 23.0 Å². The van der Waals surface area contributed by atoms with Crippen LogP contribution >= 0.6 is 0 Å². The zero-order chi connectivity index (χ0) is 31.9. The standard InChI is InChI=1S/C31H36F3N3O5S/c1-21(2)18-35-30(39)23(4)36(19-24-11-13-27(42-5)14-12-24)29(38)20-37(26-8-6-7-25(17-26)31(32,33)34)43(40,41)28-15-9-22(3)10-16-28/h6-17,21,23H,18-20H2,1-5H3,(H,35,39). The summed E-state index contributed by atoms with van der Waals surface area (Å²) in [5.41, 5.74) is -0.0136. The third kappa shape index (κ3) is 8.73. The van der Waals surface area contributed by atoms with E-state index >= 15 is 0 Å². The number of amides is 2. The maximum Gasteiger partial charge on any atom is 0.416 e. The van der Waals surface area contributed by atoms with Gasteiger partial charge in [-0.05, 0) is 67.8 Å². The van der Waals surface area contributed by atoms with E-state index in [4.69, 9.17) is 4.74 Å². The summed E-state index contributed by atoms with van der Waals surface area (Å²) in [6, 6.07) is 15.3. The number of hydrogen-bond donors (Lipinski definition) is 1. The second-order valence-corrected chi connectivity index (χ2v) is 12.4. The normalized spacial score (nSPS) is 12.5. The second-order valence-electron chi connectivity index (χ2n) is 10.6. The number of nitrogens with zero attached hydrogens (tertiary/aromatic N) is 2. The number of aryl methyl sites for hydroxylation is 1. The second kappa shape index (κ2) is 13.9. The van der Waals surface area contributed by atoms with Crippen LogP contribution in [0.4, 0.5) is 18.9 Å². The lowest BCUT2D eigenvalue weighted by Crippen LogP contribution is -2.51. The van der Waals surface area contributed by atoms with Crippen LogP contribution in [0, 0.1) is 12.8 Å². The van der Waals surface area contributed by atoms with Gasteiger partial charge in [-0.3, -0.25) is 13.9 Å². The minimum absolute atomic E-state index is 0.0693. The van der Waals surface area contributed by atoms with Crippen molar-refractivity contribution < 1.29 is 35.9 Å². The van der Waals surface area contributed by atoms with Crippen LogP contribution in [0.5, 0.6) is 5.75 Å². The Kier molecular flexibility index (Phi) is 10.8. The molecule has 232 valence electrons. The van der Waals surface area contributed by atoms with E-state index in [1.807, 2.05) is 13.8 Å². The monoisotopic (exact) mass is 619 g/mol. The molecule has 0 aliphatic rings. The molecule has 1 unspecified atom stereocenters. The molecule has 0 aliphatic carbocycles. The van der Waals surface area contributed by atoms with Gasteiger partial charge >= 0.3 is 6.18 Å². The Labute approximate surface area is 250 Å². The smallest absolute Gasteiger partial charge is 0.416 e. The van der Waals surface area contributed by atoms with Crippen molar-refractivity contribution in [1.29, 1.82) is 0 Å². The molecule has 0 radical (unpaired) electrons. The van der Waals surface area contributed by atoms with Gasteiger partial charge in [-0.15, -0.1) is 0 Å². The highest BCUT2D eigenvalue weighted by molar-refractivity contribution is 7.92.